The molecule has 0 atom stereocenters. The van der Waals surface area contributed by atoms with Crippen LogP contribution < -0.4 is 20.7 Å². The summed E-state index contributed by atoms with van der Waals surface area (Å²) in [4.78, 5) is 32.5. The fourth-order valence-corrected chi connectivity index (χ4v) is 7.05. The molecular weight excluding hydrogens is 621 g/mol. The summed E-state index contributed by atoms with van der Waals surface area (Å²) < 4.78 is 8.41. The van der Waals surface area contributed by atoms with Gasteiger partial charge in [-0.05, 0) is 112 Å². The van der Waals surface area contributed by atoms with Crippen molar-refractivity contribution < 1.29 is 14.3 Å². The molecule has 0 radical (unpaired) electrons. The molecule has 48 heavy (non-hydrogen) atoms. The summed E-state index contributed by atoms with van der Waals surface area (Å²) in [5, 5.41) is 11.1. The molecule has 1 saturated heterocycles. The molecule has 5 aromatic rings. The number of ether oxygens (including phenoxy) is 1. The van der Waals surface area contributed by atoms with Gasteiger partial charge in [0.2, 0.25) is 5.06 Å². The number of likely N-dealkylation sites (tertiary alicyclic amines) is 1. The molecule has 0 saturated carbocycles. The Bertz CT molecular complexity index is 1860. The lowest BCUT2D eigenvalue weighted by molar-refractivity contribution is 0.102. The molecule has 6 rings (SSSR count). The summed E-state index contributed by atoms with van der Waals surface area (Å²) >= 11 is 1.26. The molecule has 3 N–H and O–H groups in total. The molecule has 3 heterocycles. The van der Waals surface area contributed by atoms with Crippen LogP contribution in [-0.2, 0) is 6.54 Å². The highest BCUT2D eigenvalue weighted by molar-refractivity contribution is 7.17. The number of carbonyl (C=O) groups excluding carboxylic acids is 2. The molecule has 1 fully saturated rings. The van der Waals surface area contributed by atoms with Crippen LogP contribution in [0.4, 0.5) is 15.6 Å². The summed E-state index contributed by atoms with van der Waals surface area (Å²) in [7, 11) is 0. The Kier molecular flexibility index (Phi) is 10.4. The van der Waals surface area contributed by atoms with E-state index >= 15 is 0 Å². The number of nitrogens with zero attached hydrogens (tertiary/aromatic N) is 3. The molecule has 9 nitrogen and oxygen atoms in total. The number of fused-ring (bicyclic) bond motifs is 1. The molecule has 1 aliphatic rings. The van der Waals surface area contributed by atoms with Gasteiger partial charge in [0, 0.05) is 41.1 Å². The summed E-state index contributed by atoms with van der Waals surface area (Å²) in [5.41, 5.74) is 6.50. The summed E-state index contributed by atoms with van der Waals surface area (Å²) in [6.07, 6.45) is 9.46. The number of aryl methyl sites for hydroxylation is 2. The second-order valence-electron chi connectivity index (χ2n) is 12.5. The Morgan fingerprint density at radius 3 is 2.35 bits per heavy atom. The number of rotatable bonds is 11. The molecule has 1 aliphatic heterocycles. The number of thiazole rings is 1. The van der Waals surface area contributed by atoms with Gasteiger partial charge in [0.25, 0.3) is 5.91 Å². The molecule has 3 aromatic carbocycles. The number of piperidine rings is 1. The monoisotopic (exact) mass is 664 g/mol. The summed E-state index contributed by atoms with van der Waals surface area (Å²) in [6.45, 7) is 11.2. The normalized spacial score (nSPS) is 13.5. The average Bonchev–Trinajstić information content (AvgIpc) is 3.70. The molecule has 250 valence electrons. The first-order valence-electron chi connectivity index (χ1n) is 16.9. The zero-order valence-electron chi connectivity index (χ0n) is 28.1. The molecule has 10 heteroatoms. The van der Waals surface area contributed by atoms with E-state index in [2.05, 4.69) is 74.7 Å². The number of carbonyl (C=O) groups is 2. The number of amides is 3. The number of para-hydroxylation sites is 1. The average molecular weight is 665 g/mol. The highest BCUT2D eigenvalue weighted by atomic mass is 32.1. The Morgan fingerprint density at radius 1 is 0.938 bits per heavy atom. The lowest BCUT2D eigenvalue weighted by Gasteiger charge is -2.26. The first-order valence-corrected chi connectivity index (χ1v) is 17.7. The highest BCUT2D eigenvalue weighted by Crippen LogP contribution is 2.36. The number of nitrogens with one attached hydrogen (secondary N) is 3. The number of aromatic nitrogens is 2. The first kappa shape index (κ1) is 33.2. The van der Waals surface area contributed by atoms with Crippen LogP contribution in [0.1, 0.15) is 73.0 Å². The van der Waals surface area contributed by atoms with Gasteiger partial charge in [0.05, 0.1) is 11.7 Å². The standard InChI is InChI=1S/C38H44N6O3S/c1-5-29(6-2)40-37(46)41-30-20-25(3)35(26(4)21-30)47-34-22-39-38(48-34)42-36(45)27-14-16-31(17-15-27)44-24-28(23-43-18-10-7-11-19-43)32-12-8-9-13-33(32)44/h8-9,12-17,20-22,24,29H,5-7,10-11,18-19,23H2,1-4H3,(H,39,42,45)(H2,40,41,46). The van der Waals surface area contributed by atoms with E-state index in [1.54, 1.807) is 6.20 Å². The van der Waals surface area contributed by atoms with Crippen LogP contribution in [0.15, 0.2) is 73.1 Å². The molecule has 0 aliphatic carbocycles. The van der Waals surface area contributed by atoms with Crippen molar-refractivity contribution in [2.45, 2.75) is 72.4 Å². The Labute approximate surface area is 286 Å². The second-order valence-corrected chi connectivity index (χ2v) is 13.5. The van der Waals surface area contributed by atoms with E-state index in [9.17, 15) is 9.59 Å². The third kappa shape index (κ3) is 7.72. The van der Waals surface area contributed by atoms with E-state index in [1.165, 1.54) is 41.5 Å². The van der Waals surface area contributed by atoms with E-state index < -0.39 is 0 Å². The van der Waals surface area contributed by atoms with E-state index in [0.717, 1.165) is 54.8 Å². The summed E-state index contributed by atoms with van der Waals surface area (Å²) in [5.74, 6) is 0.453. The van der Waals surface area contributed by atoms with Crippen LogP contribution in [0.2, 0.25) is 0 Å². The van der Waals surface area contributed by atoms with Crippen LogP contribution in [-0.4, -0.2) is 45.5 Å². The minimum atomic E-state index is -0.236. The van der Waals surface area contributed by atoms with E-state index in [-0.39, 0.29) is 18.0 Å². The molecular formula is C38H44N6O3S. The summed E-state index contributed by atoms with van der Waals surface area (Å²) in [6, 6.07) is 19.9. The lowest BCUT2D eigenvalue weighted by atomic mass is 10.1. The van der Waals surface area contributed by atoms with E-state index in [0.29, 0.717) is 27.2 Å². The maximum Gasteiger partial charge on any atom is 0.319 e. The first-order chi connectivity index (χ1) is 23.3. The van der Waals surface area contributed by atoms with Crippen molar-refractivity contribution in [3.63, 3.8) is 0 Å². The largest absolute Gasteiger partial charge is 0.444 e. The van der Waals surface area contributed by atoms with Gasteiger partial charge in [-0.3, -0.25) is 15.0 Å². The smallest absolute Gasteiger partial charge is 0.319 e. The number of urea groups is 1. The van der Waals surface area contributed by atoms with Crippen molar-refractivity contribution in [2.24, 2.45) is 0 Å². The third-order valence-corrected chi connectivity index (χ3v) is 9.78. The second kappa shape index (κ2) is 15.0. The van der Waals surface area contributed by atoms with Gasteiger partial charge >= 0.3 is 6.03 Å². The number of benzene rings is 3. The number of anilines is 2. The topological polar surface area (TPSA) is 101 Å². The zero-order chi connectivity index (χ0) is 33.6. The van der Waals surface area contributed by atoms with E-state index in [1.807, 2.05) is 50.2 Å². The molecule has 0 bridgehead atoms. The fraction of sp³-hybridized carbons (Fsp3) is 0.342. The molecule has 0 spiro atoms. The minimum Gasteiger partial charge on any atom is -0.444 e. The van der Waals surface area contributed by atoms with Crippen molar-refractivity contribution in [1.29, 1.82) is 0 Å². The van der Waals surface area contributed by atoms with Crippen LogP contribution in [0, 0.1) is 13.8 Å². The lowest BCUT2D eigenvalue weighted by Crippen LogP contribution is -2.37. The van der Waals surface area contributed by atoms with Gasteiger partial charge in [0.15, 0.2) is 5.13 Å². The highest BCUT2D eigenvalue weighted by Gasteiger charge is 2.17. The van der Waals surface area contributed by atoms with Gasteiger partial charge in [-0.25, -0.2) is 9.78 Å². The zero-order valence-corrected chi connectivity index (χ0v) is 29.0. The predicted octanol–water partition coefficient (Wildman–Crippen LogP) is 9.04. The quantitative estimate of drug-likeness (QED) is 0.131. The fourth-order valence-electron chi connectivity index (χ4n) is 6.38. The Morgan fingerprint density at radius 2 is 1.65 bits per heavy atom. The van der Waals surface area contributed by atoms with E-state index in [4.69, 9.17) is 4.74 Å². The Hall–Kier alpha value is -4.67. The van der Waals surface area contributed by atoms with Crippen molar-refractivity contribution in [3.8, 4) is 16.5 Å². The van der Waals surface area contributed by atoms with Crippen molar-refractivity contribution in [2.75, 3.05) is 23.7 Å². The van der Waals surface area contributed by atoms with Crippen LogP contribution in [0.5, 0.6) is 10.8 Å². The molecule has 0 unspecified atom stereocenters. The van der Waals surface area contributed by atoms with Gasteiger partial charge < -0.3 is 19.9 Å². The van der Waals surface area contributed by atoms with Crippen molar-refractivity contribution in [1.82, 2.24) is 19.8 Å². The van der Waals surface area contributed by atoms with Gasteiger partial charge in [0.1, 0.15) is 5.75 Å². The van der Waals surface area contributed by atoms with Crippen LogP contribution in [0.25, 0.3) is 16.6 Å². The van der Waals surface area contributed by atoms with Gasteiger partial charge in [-0.2, -0.15) is 0 Å². The number of hydrogen-bond acceptors (Lipinski definition) is 6. The minimum absolute atomic E-state index is 0.142. The molecule has 3 amide bonds. The van der Waals surface area contributed by atoms with Crippen LogP contribution in [0.3, 0.4) is 0 Å². The van der Waals surface area contributed by atoms with Crippen molar-refractivity contribution >= 4 is 45.0 Å². The number of hydrogen-bond donors (Lipinski definition) is 3. The van der Waals surface area contributed by atoms with Gasteiger partial charge in [-0.1, -0.05) is 49.8 Å². The SMILES string of the molecule is CCC(CC)NC(=O)Nc1cc(C)c(Oc2cnc(NC(=O)c3ccc(-n4cc(CN5CCCCC5)c5ccccc54)cc3)s2)c(C)c1. The molecule has 2 aromatic heterocycles. The predicted molar refractivity (Wildman–Crippen MR) is 195 cm³/mol. The van der Waals surface area contributed by atoms with Crippen LogP contribution >= 0.6 is 11.3 Å². The Balaban J connectivity index is 1.09. The van der Waals surface area contributed by atoms with Gasteiger partial charge in [-0.15, -0.1) is 0 Å². The van der Waals surface area contributed by atoms with Crippen molar-refractivity contribution in [3.05, 3.63) is 95.3 Å². The maximum atomic E-state index is 13.2. The third-order valence-electron chi connectivity index (χ3n) is 8.99. The maximum absolute atomic E-state index is 13.2.